The Morgan fingerprint density at radius 2 is 1.92 bits per heavy atom. The molecule has 4 heteroatoms. The van der Waals surface area contributed by atoms with E-state index in [1.54, 1.807) is 0 Å². The van der Waals surface area contributed by atoms with Gasteiger partial charge in [-0.3, -0.25) is 4.79 Å². The van der Waals surface area contributed by atoms with Gasteiger partial charge in [-0.15, -0.1) is 0 Å². The molecule has 1 aromatic carbocycles. The van der Waals surface area contributed by atoms with Crippen molar-refractivity contribution < 1.29 is 9.90 Å². The summed E-state index contributed by atoms with van der Waals surface area (Å²) in [7, 11) is 0. The number of rotatable bonds is 6. The number of hydrogen-bond donors (Lipinski definition) is 2. The van der Waals surface area contributed by atoms with E-state index < -0.39 is 0 Å². The lowest BCUT2D eigenvalue weighted by molar-refractivity contribution is 0.0944. The Kier molecular flexibility index (Phi) is 5.38. The Morgan fingerprint density at radius 3 is 2.52 bits per heavy atom. The molecule has 3 rings (SSSR count). The van der Waals surface area contributed by atoms with Crippen LogP contribution in [0.5, 0.6) is 5.75 Å². The first-order valence-electron chi connectivity index (χ1n) is 9.75. The highest BCUT2D eigenvalue weighted by Gasteiger charge is 2.34. The molecule has 1 amide bonds. The van der Waals surface area contributed by atoms with E-state index in [-0.39, 0.29) is 17.6 Å². The van der Waals surface area contributed by atoms with Gasteiger partial charge in [0.1, 0.15) is 5.75 Å². The zero-order valence-corrected chi connectivity index (χ0v) is 16.0. The molecule has 1 aromatic rings. The maximum Gasteiger partial charge on any atom is 0.255 e. The molecule has 1 aliphatic carbocycles. The van der Waals surface area contributed by atoms with Crippen LogP contribution < -0.4 is 5.32 Å². The van der Waals surface area contributed by atoms with Gasteiger partial charge in [0.05, 0.1) is 5.56 Å². The standard InChI is InChI=1S/C21H32N2O2/c1-13(2)16-9-18(14(3)4)20(24)19(10-16)21(25)22-11-15-7-8-23(12-15)17-5-6-17/h9-10,13-15,17,24H,5-8,11-12H2,1-4H3,(H,22,25). The Bertz CT molecular complexity index is 635. The second kappa shape index (κ2) is 7.36. The third-order valence-corrected chi connectivity index (χ3v) is 5.63. The molecular weight excluding hydrogens is 312 g/mol. The van der Waals surface area contributed by atoms with Gasteiger partial charge in [0.25, 0.3) is 5.91 Å². The van der Waals surface area contributed by atoms with Gasteiger partial charge in [-0.2, -0.15) is 0 Å². The molecule has 0 radical (unpaired) electrons. The van der Waals surface area contributed by atoms with Crippen molar-refractivity contribution in [2.75, 3.05) is 19.6 Å². The molecule has 1 saturated heterocycles. The summed E-state index contributed by atoms with van der Waals surface area (Å²) in [6, 6.07) is 4.69. The van der Waals surface area contributed by atoms with Gasteiger partial charge in [0.2, 0.25) is 0 Å². The molecule has 1 unspecified atom stereocenters. The van der Waals surface area contributed by atoms with Crippen molar-refractivity contribution in [3.8, 4) is 5.75 Å². The number of hydrogen-bond acceptors (Lipinski definition) is 3. The number of nitrogens with zero attached hydrogens (tertiary/aromatic N) is 1. The van der Waals surface area contributed by atoms with Crippen LogP contribution in [-0.4, -0.2) is 41.6 Å². The largest absolute Gasteiger partial charge is 0.507 e. The molecule has 25 heavy (non-hydrogen) atoms. The number of aromatic hydroxyl groups is 1. The van der Waals surface area contributed by atoms with E-state index in [0.29, 0.717) is 23.9 Å². The summed E-state index contributed by atoms with van der Waals surface area (Å²) in [5, 5.41) is 13.7. The number of carbonyl (C=O) groups is 1. The fraction of sp³-hybridized carbons (Fsp3) is 0.667. The number of phenols is 1. The van der Waals surface area contributed by atoms with Gasteiger partial charge in [-0.25, -0.2) is 0 Å². The molecule has 0 aromatic heterocycles. The minimum absolute atomic E-state index is 0.142. The highest BCUT2D eigenvalue weighted by atomic mass is 16.3. The predicted molar refractivity (Wildman–Crippen MR) is 101 cm³/mol. The van der Waals surface area contributed by atoms with E-state index in [4.69, 9.17) is 0 Å². The monoisotopic (exact) mass is 344 g/mol. The highest BCUT2D eigenvalue weighted by molar-refractivity contribution is 5.97. The summed E-state index contributed by atoms with van der Waals surface area (Å²) in [4.78, 5) is 15.3. The topological polar surface area (TPSA) is 52.6 Å². The highest BCUT2D eigenvalue weighted by Crippen LogP contribution is 2.34. The number of amides is 1. The third kappa shape index (κ3) is 4.17. The average Bonchev–Trinajstić information content (AvgIpc) is 3.31. The summed E-state index contributed by atoms with van der Waals surface area (Å²) in [5.74, 6) is 1.04. The lowest BCUT2D eigenvalue weighted by atomic mass is 9.91. The van der Waals surface area contributed by atoms with Crippen molar-refractivity contribution in [3.63, 3.8) is 0 Å². The van der Waals surface area contributed by atoms with Gasteiger partial charge < -0.3 is 15.3 Å². The average molecular weight is 344 g/mol. The van der Waals surface area contributed by atoms with Crippen LogP contribution in [0.4, 0.5) is 0 Å². The Labute approximate surface area is 151 Å². The van der Waals surface area contributed by atoms with E-state index in [1.807, 2.05) is 26.0 Å². The van der Waals surface area contributed by atoms with Crippen molar-refractivity contribution >= 4 is 5.91 Å². The Morgan fingerprint density at radius 1 is 1.20 bits per heavy atom. The molecule has 1 saturated carbocycles. The second-order valence-electron chi connectivity index (χ2n) is 8.41. The van der Waals surface area contributed by atoms with E-state index in [2.05, 4.69) is 24.1 Å². The number of benzene rings is 1. The van der Waals surface area contributed by atoms with Crippen LogP contribution in [0.3, 0.4) is 0 Å². The first-order chi connectivity index (χ1) is 11.9. The fourth-order valence-electron chi connectivity index (χ4n) is 3.76. The molecule has 2 aliphatic rings. The molecule has 1 heterocycles. The maximum atomic E-state index is 12.7. The van der Waals surface area contributed by atoms with Crippen LogP contribution in [0.1, 0.15) is 80.3 Å². The van der Waals surface area contributed by atoms with Gasteiger partial charge >= 0.3 is 0 Å². The molecule has 2 fully saturated rings. The fourth-order valence-corrected chi connectivity index (χ4v) is 3.76. The molecule has 1 atom stereocenters. The maximum absolute atomic E-state index is 12.7. The molecule has 4 nitrogen and oxygen atoms in total. The van der Waals surface area contributed by atoms with Crippen LogP contribution in [0.25, 0.3) is 0 Å². The first-order valence-corrected chi connectivity index (χ1v) is 9.75. The van der Waals surface area contributed by atoms with Crippen LogP contribution in [0.2, 0.25) is 0 Å². The van der Waals surface area contributed by atoms with Crippen LogP contribution in [0, 0.1) is 5.92 Å². The van der Waals surface area contributed by atoms with Gasteiger partial charge in [0.15, 0.2) is 0 Å². The molecular formula is C21H32N2O2. The number of likely N-dealkylation sites (tertiary alicyclic amines) is 1. The summed E-state index contributed by atoms with van der Waals surface area (Å²) < 4.78 is 0. The van der Waals surface area contributed by atoms with E-state index in [0.717, 1.165) is 36.7 Å². The molecule has 0 spiro atoms. The molecule has 0 bridgehead atoms. The van der Waals surface area contributed by atoms with E-state index in [1.165, 1.54) is 12.8 Å². The van der Waals surface area contributed by atoms with E-state index in [9.17, 15) is 9.90 Å². The van der Waals surface area contributed by atoms with Crippen molar-refractivity contribution in [2.24, 2.45) is 5.92 Å². The minimum atomic E-state index is -0.147. The lowest BCUT2D eigenvalue weighted by Gasteiger charge is -2.18. The Hall–Kier alpha value is -1.55. The zero-order valence-electron chi connectivity index (χ0n) is 16.0. The van der Waals surface area contributed by atoms with Crippen LogP contribution >= 0.6 is 0 Å². The third-order valence-electron chi connectivity index (χ3n) is 5.63. The van der Waals surface area contributed by atoms with Crippen LogP contribution in [-0.2, 0) is 0 Å². The summed E-state index contributed by atoms with van der Waals surface area (Å²) in [6.45, 7) is 11.3. The van der Waals surface area contributed by atoms with Gasteiger partial charge in [0, 0.05) is 19.1 Å². The summed E-state index contributed by atoms with van der Waals surface area (Å²) in [5.41, 5.74) is 2.39. The van der Waals surface area contributed by atoms with Crippen molar-refractivity contribution in [3.05, 3.63) is 28.8 Å². The molecule has 2 N–H and O–H groups in total. The smallest absolute Gasteiger partial charge is 0.255 e. The molecule has 1 aliphatic heterocycles. The summed E-state index contributed by atoms with van der Waals surface area (Å²) in [6.07, 6.45) is 3.84. The van der Waals surface area contributed by atoms with Crippen molar-refractivity contribution in [1.82, 2.24) is 10.2 Å². The quantitative estimate of drug-likeness (QED) is 0.824. The normalized spacial score (nSPS) is 21.3. The summed E-state index contributed by atoms with van der Waals surface area (Å²) >= 11 is 0. The SMILES string of the molecule is CC(C)c1cc(C(=O)NCC2CCN(C3CC3)C2)c(O)c(C(C)C)c1. The minimum Gasteiger partial charge on any atom is -0.507 e. The van der Waals surface area contributed by atoms with Crippen molar-refractivity contribution in [1.29, 1.82) is 0 Å². The number of phenolic OH excluding ortho intramolecular Hbond substituents is 1. The van der Waals surface area contributed by atoms with Gasteiger partial charge in [-0.05, 0) is 60.8 Å². The number of nitrogens with one attached hydrogen (secondary N) is 1. The van der Waals surface area contributed by atoms with Gasteiger partial charge in [-0.1, -0.05) is 33.8 Å². The number of carbonyl (C=O) groups excluding carboxylic acids is 1. The zero-order chi connectivity index (χ0) is 18.1. The lowest BCUT2D eigenvalue weighted by Crippen LogP contribution is -2.31. The van der Waals surface area contributed by atoms with Crippen molar-refractivity contribution in [2.45, 2.75) is 64.8 Å². The second-order valence-corrected chi connectivity index (χ2v) is 8.41. The first kappa shape index (κ1) is 18.2. The van der Waals surface area contributed by atoms with E-state index >= 15 is 0 Å². The molecule has 138 valence electrons. The predicted octanol–water partition coefficient (Wildman–Crippen LogP) is 3.85. The van der Waals surface area contributed by atoms with Crippen LogP contribution in [0.15, 0.2) is 12.1 Å². The Balaban J connectivity index is 1.68.